The molecule has 5 rings (SSSR count). The first kappa shape index (κ1) is 28.9. The molecule has 0 radical (unpaired) electrons. The highest BCUT2D eigenvalue weighted by Gasteiger charge is 2.74. The van der Waals surface area contributed by atoms with E-state index in [1.807, 2.05) is 32.1 Å². The number of aliphatic hydroxyl groups excluding tert-OH is 2. The molecule has 4 N–H and O–H groups in total. The molecule has 3 fully saturated rings. The van der Waals surface area contributed by atoms with E-state index in [4.69, 9.17) is 4.84 Å². The van der Waals surface area contributed by atoms with Crippen molar-refractivity contribution in [2.24, 2.45) is 27.8 Å². The molecular formula is C31H41FN2O6. The number of halogens is 1. The third-order valence-corrected chi connectivity index (χ3v) is 10.8. The van der Waals surface area contributed by atoms with Crippen LogP contribution >= 0.6 is 0 Å². The van der Waals surface area contributed by atoms with Crippen LogP contribution in [0, 0.1) is 29.6 Å². The van der Waals surface area contributed by atoms with Gasteiger partial charge in [-0.25, -0.2) is 4.39 Å². The zero-order valence-corrected chi connectivity index (χ0v) is 23.6. The van der Waals surface area contributed by atoms with Gasteiger partial charge >= 0.3 is 0 Å². The molecule has 0 saturated heterocycles. The Labute approximate surface area is 234 Å². The van der Waals surface area contributed by atoms with Crippen LogP contribution in [0.5, 0.6) is 0 Å². The highest BCUT2D eigenvalue weighted by Crippen LogP contribution is 2.70. The van der Waals surface area contributed by atoms with Gasteiger partial charge in [-0.1, -0.05) is 42.3 Å². The summed E-state index contributed by atoms with van der Waals surface area (Å²) in [6.07, 6.45) is 3.23. The standard InChI is InChI=1S/C31H41FN2O6/c1-19-4-6-20(7-5-19)27(38)33-14-15-40-34-22-10-12-28(2)21(16-22)8-9-24-23-11-13-30(39,26(37)18-35)29(23,3)17-25(36)31(24,28)32/h4-7,16,23-25,35-36,39H,8-15,17-18H2,1-3H3,(H,33,38)/t23-,24-,25-,28-,29-,30-,31-/m0/s1. The average molecular weight is 557 g/mol. The number of nitrogens with zero attached hydrogens (tertiary/aromatic N) is 1. The third kappa shape index (κ3) is 4.23. The van der Waals surface area contributed by atoms with E-state index < -0.39 is 46.5 Å². The van der Waals surface area contributed by atoms with E-state index in [2.05, 4.69) is 10.5 Å². The van der Waals surface area contributed by atoms with E-state index in [1.165, 1.54) is 0 Å². The summed E-state index contributed by atoms with van der Waals surface area (Å²) in [5.74, 6) is -1.60. The Kier molecular flexibility index (Phi) is 7.46. The number of benzene rings is 1. The minimum Gasteiger partial charge on any atom is -0.394 e. The fourth-order valence-corrected chi connectivity index (χ4v) is 8.39. The molecule has 8 nitrogen and oxygen atoms in total. The number of Topliss-reactive ketones (excluding diaryl/α,β-unsaturated/α-hetero) is 1. The van der Waals surface area contributed by atoms with E-state index in [1.54, 1.807) is 19.1 Å². The van der Waals surface area contributed by atoms with Crippen LogP contribution < -0.4 is 5.32 Å². The molecule has 0 bridgehead atoms. The van der Waals surface area contributed by atoms with Crippen LogP contribution in [0.3, 0.4) is 0 Å². The molecule has 0 aliphatic heterocycles. The number of carbonyl (C=O) groups excluding carboxylic acids is 2. The Morgan fingerprint density at radius 1 is 1.12 bits per heavy atom. The minimum atomic E-state index is -1.90. The molecule has 0 unspecified atom stereocenters. The first-order chi connectivity index (χ1) is 18.9. The summed E-state index contributed by atoms with van der Waals surface area (Å²) in [5.41, 5.74) is -2.29. The Hall–Kier alpha value is -2.62. The second-order valence-corrected chi connectivity index (χ2v) is 12.7. The van der Waals surface area contributed by atoms with E-state index in [-0.39, 0.29) is 31.3 Å². The topological polar surface area (TPSA) is 128 Å². The predicted octanol–water partition coefficient (Wildman–Crippen LogP) is 3.42. The number of rotatable bonds is 7. The number of hydrogen-bond donors (Lipinski definition) is 4. The van der Waals surface area contributed by atoms with Gasteiger partial charge in [-0.2, -0.15) is 0 Å². The fourth-order valence-electron chi connectivity index (χ4n) is 8.39. The van der Waals surface area contributed by atoms with Crippen molar-refractivity contribution in [1.82, 2.24) is 5.32 Å². The Balaban J connectivity index is 1.26. The van der Waals surface area contributed by atoms with Gasteiger partial charge in [-0.3, -0.25) is 9.59 Å². The Morgan fingerprint density at radius 2 is 1.85 bits per heavy atom. The van der Waals surface area contributed by atoms with Crippen molar-refractivity contribution in [1.29, 1.82) is 0 Å². The molecule has 0 spiro atoms. The summed E-state index contributed by atoms with van der Waals surface area (Å²) >= 11 is 0. The van der Waals surface area contributed by atoms with Crippen LogP contribution in [-0.2, 0) is 9.63 Å². The summed E-state index contributed by atoms with van der Waals surface area (Å²) in [4.78, 5) is 30.3. The zero-order valence-electron chi connectivity index (χ0n) is 23.6. The van der Waals surface area contributed by atoms with Gasteiger partial charge in [0.15, 0.2) is 5.78 Å². The van der Waals surface area contributed by atoms with E-state index in [0.29, 0.717) is 49.9 Å². The van der Waals surface area contributed by atoms with Crippen molar-refractivity contribution >= 4 is 17.4 Å². The van der Waals surface area contributed by atoms with Crippen molar-refractivity contribution in [3.8, 4) is 0 Å². The molecule has 0 aromatic heterocycles. The number of allylic oxidation sites excluding steroid dienone is 2. The third-order valence-electron chi connectivity index (χ3n) is 10.8. The highest BCUT2D eigenvalue weighted by atomic mass is 19.1. The van der Waals surface area contributed by atoms with Crippen LogP contribution in [0.25, 0.3) is 0 Å². The lowest BCUT2D eigenvalue weighted by atomic mass is 9.44. The van der Waals surface area contributed by atoms with Crippen LogP contribution in [-0.4, -0.2) is 69.9 Å². The van der Waals surface area contributed by atoms with Gasteiger partial charge in [-0.05, 0) is 76.0 Å². The van der Waals surface area contributed by atoms with Crippen LogP contribution in [0.2, 0.25) is 0 Å². The zero-order chi connectivity index (χ0) is 28.9. The van der Waals surface area contributed by atoms with E-state index >= 15 is 4.39 Å². The first-order valence-corrected chi connectivity index (χ1v) is 14.4. The number of ketones is 1. The van der Waals surface area contributed by atoms with Crippen LogP contribution in [0.4, 0.5) is 4.39 Å². The van der Waals surface area contributed by atoms with E-state index in [9.17, 15) is 24.9 Å². The number of amides is 1. The summed E-state index contributed by atoms with van der Waals surface area (Å²) in [7, 11) is 0. The summed E-state index contributed by atoms with van der Waals surface area (Å²) in [6.45, 7) is 5.35. The van der Waals surface area contributed by atoms with Gasteiger partial charge in [0.05, 0.1) is 18.4 Å². The van der Waals surface area contributed by atoms with Gasteiger partial charge in [-0.15, -0.1) is 0 Å². The summed E-state index contributed by atoms with van der Waals surface area (Å²) in [6, 6.07) is 7.31. The van der Waals surface area contributed by atoms with E-state index in [0.717, 1.165) is 11.1 Å². The highest BCUT2D eigenvalue weighted by molar-refractivity contribution is 5.96. The minimum absolute atomic E-state index is 0.0336. The molecule has 0 heterocycles. The number of hydrogen-bond acceptors (Lipinski definition) is 7. The van der Waals surface area contributed by atoms with Crippen LogP contribution in [0.1, 0.15) is 74.7 Å². The molecule has 4 aliphatic rings. The molecule has 4 aliphatic carbocycles. The number of alkyl halides is 1. The van der Waals surface area contributed by atoms with Crippen molar-refractivity contribution in [2.45, 2.75) is 83.1 Å². The number of aliphatic hydroxyl groups is 3. The largest absolute Gasteiger partial charge is 0.394 e. The van der Waals surface area contributed by atoms with Gasteiger partial charge in [0.25, 0.3) is 5.91 Å². The smallest absolute Gasteiger partial charge is 0.251 e. The van der Waals surface area contributed by atoms with Crippen molar-refractivity contribution in [3.63, 3.8) is 0 Å². The van der Waals surface area contributed by atoms with Crippen molar-refractivity contribution in [2.75, 3.05) is 19.8 Å². The molecule has 1 amide bonds. The van der Waals surface area contributed by atoms with Crippen LogP contribution in [0.15, 0.2) is 41.1 Å². The lowest BCUT2D eigenvalue weighted by Crippen LogP contribution is -2.69. The quantitative estimate of drug-likeness (QED) is 0.301. The first-order valence-electron chi connectivity index (χ1n) is 14.4. The number of aryl methyl sites for hydroxylation is 1. The second kappa shape index (κ2) is 10.3. The van der Waals surface area contributed by atoms with Gasteiger partial charge < -0.3 is 25.5 Å². The van der Waals surface area contributed by atoms with Crippen molar-refractivity contribution < 1.29 is 34.1 Å². The second-order valence-electron chi connectivity index (χ2n) is 12.7. The van der Waals surface area contributed by atoms with Crippen molar-refractivity contribution in [3.05, 3.63) is 47.0 Å². The van der Waals surface area contributed by atoms with Gasteiger partial charge in [0.1, 0.15) is 24.5 Å². The molecule has 1 aromatic rings. The lowest BCUT2D eigenvalue weighted by Gasteiger charge is -2.63. The predicted molar refractivity (Wildman–Crippen MR) is 147 cm³/mol. The number of carbonyl (C=O) groups is 2. The lowest BCUT2D eigenvalue weighted by molar-refractivity contribution is -0.226. The Morgan fingerprint density at radius 3 is 2.55 bits per heavy atom. The molecule has 3 saturated carbocycles. The molecular weight excluding hydrogens is 515 g/mol. The van der Waals surface area contributed by atoms with Gasteiger partial charge in [0, 0.05) is 22.3 Å². The normalized spacial score (nSPS) is 39.5. The summed E-state index contributed by atoms with van der Waals surface area (Å²) < 4.78 is 17.4. The maximum Gasteiger partial charge on any atom is 0.251 e. The molecule has 218 valence electrons. The number of oxime groups is 1. The molecule has 1 aromatic carbocycles. The maximum atomic E-state index is 17.4. The summed E-state index contributed by atoms with van der Waals surface area (Å²) in [5, 5.41) is 39.3. The monoisotopic (exact) mass is 556 g/mol. The molecule has 40 heavy (non-hydrogen) atoms. The Bertz CT molecular complexity index is 1230. The average Bonchev–Trinajstić information content (AvgIpc) is 3.20. The van der Waals surface area contributed by atoms with Gasteiger partial charge in [0.2, 0.25) is 0 Å². The number of nitrogens with one attached hydrogen (secondary N) is 1. The molecule has 7 atom stereocenters. The number of fused-ring (bicyclic) bond motifs is 5. The SMILES string of the molecule is Cc1ccc(C(=O)NCCON=C2C=C3CC[C@H]4[C@@H]5CC[C@](O)(C(=O)CO)[C@@]5(C)C[C@H](O)[C@]4(F)[C@@]3(C)CC2)cc1. The fraction of sp³-hybridized carbons (Fsp3) is 0.645. The molecule has 9 heteroatoms. The maximum absolute atomic E-state index is 17.4.